The number of fused-ring (bicyclic) bond motifs is 1. The molecular weight excluding hydrogens is 422 g/mol. The van der Waals surface area contributed by atoms with Crippen LogP contribution in [0.4, 0.5) is 5.69 Å². The van der Waals surface area contributed by atoms with Crippen LogP contribution in [0.3, 0.4) is 0 Å². The number of carbonyl (C=O) groups excluding carboxylic acids is 1. The summed E-state index contributed by atoms with van der Waals surface area (Å²) in [5, 5.41) is 36.1. The fourth-order valence-corrected chi connectivity index (χ4v) is 3.08. The smallest absolute Gasteiger partial charge is 0.326 e. The predicted molar refractivity (Wildman–Crippen MR) is 115 cm³/mol. The molecule has 0 fully saturated rings. The summed E-state index contributed by atoms with van der Waals surface area (Å²) in [6.45, 7) is 0.667. The zero-order valence-electron chi connectivity index (χ0n) is 16.9. The number of benzene rings is 1. The van der Waals surface area contributed by atoms with Crippen LogP contribution in [0, 0.1) is 0 Å². The molecule has 0 saturated heterocycles. The number of nitrogens with zero attached hydrogens (tertiary/aromatic N) is 3. The maximum absolute atomic E-state index is 12.3. The molecule has 0 bridgehead atoms. The van der Waals surface area contributed by atoms with Crippen LogP contribution in [-0.2, 0) is 9.59 Å². The second kappa shape index (κ2) is 9.87. The molecule has 2 aliphatic rings. The highest BCUT2D eigenvalue weighted by Crippen LogP contribution is 2.13. The highest BCUT2D eigenvalue weighted by atomic mass is 16.4. The van der Waals surface area contributed by atoms with Crippen molar-refractivity contribution in [2.24, 2.45) is 20.7 Å². The molecule has 0 spiro atoms. The Hall–Kier alpha value is -4.00. The van der Waals surface area contributed by atoms with Gasteiger partial charge in [-0.15, -0.1) is 0 Å². The summed E-state index contributed by atoms with van der Waals surface area (Å²) in [5.41, 5.74) is 7.17. The maximum atomic E-state index is 12.3. The van der Waals surface area contributed by atoms with Crippen LogP contribution in [-0.4, -0.2) is 82.1 Å². The fourth-order valence-electron chi connectivity index (χ4n) is 3.08. The summed E-state index contributed by atoms with van der Waals surface area (Å²) in [6.07, 6.45) is -1.69. The number of aliphatic hydroxyl groups excluding tert-OH is 1. The lowest BCUT2D eigenvalue weighted by Crippen LogP contribution is -2.53. The van der Waals surface area contributed by atoms with Gasteiger partial charge in [-0.1, -0.05) is 0 Å². The van der Waals surface area contributed by atoms with Gasteiger partial charge in [-0.25, -0.2) is 9.79 Å². The Morgan fingerprint density at radius 1 is 1.19 bits per heavy atom. The first-order valence-electron chi connectivity index (χ1n) is 9.70. The van der Waals surface area contributed by atoms with E-state index in [9.17, 15) is 19.5 Å². The quantitative estimate of drug-likeness (QED) is 0.238. The molecule has 0 aromatic heterocycles. The van der Waals surface area contributed by atoms with Crippen molar-refractivity contribution in [3.8, 4) is 0 Å². The molecule has 3 atom stereocenters. The minimum atomic E-state index is -1.30. The number of amides is 1. The number of anilines is 1. The molecule has 2 aliphatic heterocycles. The molecule has 3 rings (SSSR count). The van der Waals surface area contributed by atoms with Gasteiger partial charge >= 0.3 is 11.9 Å². The van der Waals surface area contributed by atoms with E-state index in [2.05, 4.69) is 30.9 Å². The van der Waals surface area contributed by atoms with E-state index in [0.29, 0.717) is 30.3 Å². The normalized spacial score (nSPS) is 20.5. The van der Waals surface area contributed by atoms with E-state index in [1.54, 1.807) is 12.1 Å². The third kappa shape index (κ3) is 5.78. The third-order valence-electron chi connectivity index (χ3n) is 4.74. The Morgan fingerprint density at radius 3 is 2.56 bits per heavy atom. The summed E-state index contributed by atoms with van der Waals surface area (Å²) >= 11 is 0. The Kier molecular flexibility index (Phi) is 7.00. The van der Waals surface area contributed by atoms with Crippen molar-refractivity contribution in [2.45, 2.75) is 31.2 Å². The van der Waals surface area contributed by atoms with E-state index < -0.39 is 36.2 Å². The third-order valence-corrected chi connectivity index (χ3v) is 4.74. The van der Waals surface area contributed by atoms with Crippen molar-refractivity contribution in [1.29, 1.82) is 0 Å². The largest absolute Gasteiger partial charge is 0.481 e. The maximum Gasteiger partial charge on any atom is 0.326 e. The van der Waals surface area contributed by atoms with Crippen LogP contribution in [0.1, 0.15) is 23.2 Å². The molecule has 8 N–H and O–H groups in total. The van der Waals surface area contributed by atoms with Gasteiger partial charge in [0.25, 0.3) is 5.91 Å². The summed E-state index contributed by atoms with van der Waals surface area (Å²) in [6, 6.07) is 4.37. The summed E-state index contributed by atoms with van der Waals surface area (Å²) in [5.74, 6) is -2.51. The van der Waals surface area contributed by atoms with Gasteiger partial charge in [0.2, 0.25) is 0 Å². The van der Waals surface area contributed by atoms with Gasteiger partial charge in [-0.3, -0.25) is 19.6 Å². The van der Waals surface area contributed by atoms with Gasteiger partial charge in [0.1, 0.15) is 11.9 Å². The van der Waals surface area contributed by atoms with Gasteiger partial charge in [0.05, 0.1) is 18.8 Å². The number of carbonyl (C=O) groups is 3. The Labute approximate surface area is 182 Å². The second-order valence-electron chi connectivity index (χ2n) is 7.12. The number of aliphatic hydroxyl groups is 1. The standard InChI is InChI=1S/C19H23N7O6/c20-19-25-15-14(17(30)26-19)23-11(8-22-15)7-21-10-3-1-9(2-4-10)16(29)24-12(18(31)32)5-6-13(27)28/h1-4,12,14,17,21,30H,5-8H2,(H,24,29)(H,27,28)(H,31,32)(H3,20,22,25,26)/t12-,14?,17?/m0/s1. The van der Waals surface area contributed by atoms with E-state index in [-0.39, 0.29) is 24.4 Å². The molecule has 2 heterocycles. The van der Waals surface area contributed by atoms with Crippen molar-refractivity contribution in [3.63, 3.8) is 0 Å². The summed E-state index contributed by atoms with van der Waals surface area (Å²) in [4.78, 5) is 46.7. The number of carboxylic acids is 2. The number of nitrogens with one attached hydrogen (secondary N) is 3. The van der Waals surface area contributed by atoms with Gasteiger partial charge < -0.3 is 37.0 Å². The monoisotopic (exact) mass is 445 g/mol. The van der Waals surface area contributed by atoms with Crippen molar-refractivity contribution in [1.82, 2.24) is 10.6 Å². The minimum Gasteiger partial charge on any atom is -0.481 e. The number of hydrogen-bond donors (Lipinski definition) is 7. The van der Waals surface area contributed by atoms with E-state index in [4.69, 9.17) is 15.9 Å². The summed E-state index contributed by atoms with van der Waals surface area (Å²) < 4.78 is 0. The van der Waals surface area contributed by atoms with Crippen LogP contribution < -0.4 is 21.7 Å². The predicted octanol–water partition coefficient (Wildman–Crippen LogP) is -1.40. The van der Waals surface area contributed by atoms with Crippen molar-refractivity contribution in [3.05, 3.63) is 29.8 Å². The molecule has 0 saturated carbocycles. The molecule has 0 radical (unpaired) electrons. The molecule has 0 aliphatic carbocycles. The zero-order chi connectivity index (χ0) is 23.3. The number of hydrogen-bond acceptors (Lipinski definition) is 10. The first-order chi connectivity index (χ1) is 15.2. The number of guanidine groups is 1. The van der Waals surface area contributed by atoms with Gasteiger partial charge in [-0.2, -0.15) is 0 Å². The number of carboxylic acid groups (broad SMARTS) is 2. The minimum absolute atomic E-state index is 0.0879. The molecule has 1 amide bonds. The zero-order valence-corrected chi connectivity index (χ0v) is 16.9. The van der Waals surface area contributed by atoms with Crippen molar-refractivity contribution >= 4 is 41.0 Å². The SMILES string of the molecule is NC1=NC(O)C2N=C(CNc3ccc(C(=O)N[C@@H](CCC(=O)O)C(=O)O)cc3)CN=C2N1. The number of nitrogens with two attached hydrogens (primary N) is 1. The topological polar surface area (TPSA) is 211 Å². The molecule has 32 heavy (non-hydrogen) atoms. The number of aliphatic imine (C=N–C) groups is 3. The molecule has 170 valence electrons. The van der Waals surface area contributed by atoms with Crippen LogP contribution in [0.5, 0.6) is 0 Å². The van der Waals surface area contributed by atoms with E-state index in [1.807, 2.05) is 0 Å². The second-order valence-corrected chi connectivity index (χ2v) is 7.12. The first-order valence-corrected chi connectivity index (χ1v) is 9.70. The van der Waals surface area contributed by atoms with Crippen LogP contribution in [0.15, 0.2) is 39.2 Å². The van der Waals surface area contributed by atoms with Crippen molar-refractivity contribution in [2.75, 3.05) is 18.4 Å². The lowest BCUT2D eigenvalue weighted by atomic mass is 10.1. The molecule has 1 aromatic carbocycles. The number of aliphatic carboxylic acids is 2. The van der Waals surface area contributed by atoms with Crippen LogP contribution >= 0.6 is 0 Å². The Bertz CT molecular complexity index is 988. The van der Waals surface area contributed by atoms with Crippen molar-refractivity contribution < 1.29 is 29.7 Å². The highest BCUT2D eigenvalue weighted by molar-refractivity contribution is 6.08. The van der Waals surface area contributed by atoms with Gasteiger partial charge in [0, 0.05) is 17.7 Å². The molecule has 1 aromatic rings. The highest BCUT2D eigenvalue weighted by Gasteiger charge is 2.31. The Balaban J connectivity index is 1.55. The lowest BCUT2D eigenvalue weighted by molar-refractivity contribution is -0.140. The van der Waals surface area contributed by atoms with E-state index >= 15 is 0 Å². The Morgan fingerprint density at radius 2 is 1.91 bits per heavy atom. The molecular formula is C19H23N7O6. The fraction of sp³-hybridized carbons (Fsp3) is 0.368. The van der Waals surface area contributed by atoms with Crippen LogP contribution in [0.2, 0.25) is 0 Å². The van der Waals surface area contributed by atoms with E-state index in [1.165, 1.54) is 12.1 Å². The molecule has 2 unspecified atom stereocenters. The van der Waals surface area contributed by atoms with Gasteiger partial charge in [0.15, 0.2) is 18.2 Å². The number of rotatable bonds is 9. The van der Waals surface area contributed by atoms with Crippen LogP contribution in [0.25, 0.3) is 0 Å². The summed E-state index contributed by atoms with van der Waals surface area (Å²) in [7, 11) is 0. The molecule has 13 heteroatoms. The van der Waals surface area contributed by atoms with E-state index in [0.717, 1.165) is 0 Å². The number of amidine groups is 1. The average Bonchev–Trinajstić information content (AvgIpc) is 2.75. The van der Waals surface area contributed by atoms with Gasteiger partial charge in [-0.05, 0) is 30.7 Å². The average molecular weight is 445 g/mol. The molecule has 13 nitrogen and oxygen atoms in total. The lowest BCUT2D eigenvalue weighted by Gasteiger charge is -2.28. The first kappa shape index (κ1) is 22.7.